The fraction of sp³-hybridized carbons (Fsp3) is 0.615. The van der Waals surface area contributed by atoms with Gasteiger partial charge in [0.25, 0.3) is 0 Å². The highest BCUT2D eigenvalue weighted by Crippen LogP contribution is 2.23. The Morgan fingerprint density at radius 2 is 2.17 bits per heavy atom. The van der Waals surface area contributed by atoms with Crippen molar-refractivity contribution in [2.24, 2.45) is 0 Å². The molecule has 0 fully saturated rings. The van der Waals surface area contributed by atoms with E-state index >= 15 is 0 Å². The van der Waals surface area contributed by atoms with Gasteiger partial charge in [-0.05, 0) is 37.4 Å². The summed E-state index contributed by atoms with van der Waals surface area (Å²) in [5, 5.41) is 3.16. The van der Waals surface area contributed by atoms with E-state index in [1.807, 2.05) is 13.0 Å². The lowest BCUT2D eigenvalue weighted by atomic mass is 10.0. The zero-order valence-corrected chi connectivity index (χ0v) is 10.5. The first kappa shape index (κ1) is 15.0. The van der Waals surface area contributed by atoms with Gasteiger partial charge in [-0.3, -0.25) is 4.98 Å². The molecule has 1 unspecified atom stereocenters. The molecular weight excluding hydrogens is 241 g/mol. The van der Waals surface area contributed by atoms with Gasteiger partial charge in [-0.2, -0.15) is 13.2 Å². The van der Waals surface area contributed by atoms with Gasteiger partial charge in [0, 0.05) is 24.9 Å². The molecule has 102 valence electrons. The normalized spacial score (nSPS) is 13.6. The van der Waals surface area contributed by atoms with Gasteiger partial charge in [0.15, 0.2) is 0 Å². The highest BCUT2D eigenvalue weighted by atomic mass is 19.4. The molecule has 0 radical (unpaired) electrons. The lowest BCUT2D eigenvalue weighted by Gasteiger charge is -2.19. The number of nitrogens with zero attached hydrogens (tertiary/aromatic N) is 1. The van der Waals surface area contributed by atoms with Crippen molar-refractivity contribution in [1.82, 2.24) is 10.3 Å². The Balaban J connectivity index is 2.50. The zero-order valence-electron chi connectivity index (χ0n) is 10.5. The summed E-state index contributed by atoms with van der Waals surface area (Å²) in [5.74, 6) is 0. The van der Waals surface area contributed by atoms with E-state index in [1.165, 1.54) is 0 Å². The second-order valence-electron chi connectivity index (χ2n) is 4.37. The summed E-state index contributed by atoms with van der Waals surface area (Å²) in [6, 6.07) is 3.55. The topological polar surface area (TPSA) is 24.9 Å². The van der Waals surface area contributed by atoms with E-state index in [-0.39, 0.29) is 12.5 Å². The molecule has 0 aliphatic carbocycles. The second kappa shape index (κ2) is 7.36. The second-order valence-corrected chi connectivity index (χ2v) is 4.37. The Kier molecular flexibility index (Phi) is 6.12. The number of hydrogen-bond acceptors (Lipinski definition) is 2. The van der Waals surface area contributed by atoms with Crippen molar-refractivity contribution in [1.29, 1.82) is 0 Å². The molecule has 1 rings (SSSR count). The van der Waals surface area contributed by atoms with E-state index < -0.39 is 12.6 Å². The van der Waals surface area contributed by atoms with E-state index in [4.69, 9.17) is 0 Å². The third-order valence-corrected chi connectivity index (χ3v) is 2.66. The molecule has 0 aliphatic rings. The van der Waals surface area contributed by atoms with Gasteiger partial charge in [0.05, 0.1) is 0 Å². The Morgan fingerprint density at radius 3 is 2.72 bits per heavy atom. The standard InChI is InChI=1S/C13H19F3N2/c1-2-7-18-12(5-6-13(14,15)16)9-11-4-3-8-17-10-11/h3-4,8,10,12,18H,2,5-7,9H2,1H3. The minimum Gasteiger partial charge on any atom is -0.314 e. The maximum atomic E-state index is 12.2. The predicted molar refractivity (Wildman–Crippen MR) is 65.3 cm³/mol. The summed E-state index contributed by atoms with van der Waals surface area (Å²) in [5.41, 5.74) is 0.966. The first-order valence-electron chi connectivity index (χ1n) is 6.20. The number of alkyl halides is 3. The van der Waals surface area contributed by atoms with Gasteiger partial charge < -0.3 is 5.32 Å². The third-order valence-electron chi connectivity index (χ3n) is 2.66. The molecule has 0 bridgehead atoms. The number of aromatic nitrogens is 1. The fourth-order valence-electron chi connectivity index (χ4n) is 1.77. The van der Waals surface area contributed by atoms with E-state index in [0.717, 1.165) is 18.5 Å². The van der Waals surface area contributed by atoms with E-state index in [1.54, 1.807) is 18.5 Å². The van der Waals surface area contributed by atoms with Crippen molar-refractivity contribution in [2.75, 3.05) is 6.54 Å². The van der Waals surface area contributed by atoms with Crippen molar-refractivity contribution in [2.45, 2.75) is 44.8 Å². The highest BCUT2D eigenvalue weighted by Gasteiger charge is 2.28. The first-order chi connectivity index (χ1) is 8.51. The number of halogens is 3. The fourth-order valence-corrected chi connectivity index (χ4v) is 1.77. The first-order valence-corrected chi connectivity index (χ1v) is 6.20. The molecule has 18 heavy (non-hydrogen) atoms. The average Bonchev–Trinajstić information content (AvgIpc) is 2.33. The molecule has 0 amide bonds. The number of hydrogen-bond donors (Lipinski definition) is 1. The molecule has 1 aromatic rings. The molecule has 0 spiro atoms. The van der Waals surface area contributed by atoms with Crippen LogP contribution in [0.3, 0.4) is 0 Å². The van der Waals surface area contributed by atoms with Crippen LogP contribution in [0.25, 0.3) is 0 Å². The minimum absolute atomic E-state index is 0.110. The third kappa shape index (κ3) is 6.59. The Labute approximate surface area is 106 Å². The molecule has 1 N–H and O–H groups in total. The number of pyridine rings is 1. The van der Waals surface area contributed by atoms with Crippen molar-refractivity contribution in [3.05, 3.63) is 30.1 Å². The molecule has 5 heteroatoms. The van der Waals surface area contributed by atoms with Crippen molar-refractivity contribution >= 4 is 0 Å². The quantitative estimate of drug-likeness (QED) is 0.813. The lowest BCUT2D eigenvalue weighted by Crippen LogP contribution is -2.33. The highest BCUT2D eigenvalue weighted by molar-refractivity contribution is 5.10. The maximum Gasteiger partial charge on any atom is 0.389 e. The number of rotatable bonds is 7. The SMILES string of the molecule is CCCNC(CCC(F)(F)F)Cc1cccnc1. The summed E-state index contributed by atoms with van der Waals surface area (Å²) in [6.07, 6.45) is 0.148. The van der Waals surface area contributed by atoms with Gasteiger partial charge in [-0.1, -0.05) is 13.0 Å². The summed E-state index contributed by atoms with van der Waals surface area (Å²) >= 11 is 0. The minimum atomic E-state index is -4.08. The van der Waals surface area contributed by atoms with Gasteiger partial charge in [0.2, 0.25) is 0 Å². The summed E-state index contributed by atoms with van der Waals surface area (Å²) in [4.78, 5) is 3.98. The monoisotopic (exact) mass is 260 g/mol. The summed E-state index contributed by atoms with van der Waals surface area (Å²) in [6.45, 7) is 2.74. The smallest absolute Gasteiger partial charge is 0.314 e. The summed E-state index contributed by atoms with van der Waals surface area (Å²) < 4.78 is 36.7. The predicted octanol–water partition coefficient (Wildman–Crippen LogP) is 3.33. The Hall–Kier alpha value is -1.10. The van der Waals surface area contributed by atoms with Gasteiger partial charge in [-0.25, -0.2) is 0 Å². The van der Waals surface area contributed by atoms with Crippen LogP contribution in [0.2, 0.25) is 0 Å². The van der Waals surface area contributed by atoms with Crippen LogP contribution < -0.4 is 5.32 Å². The molecule has 0 aromatic carbocycles. The molecule has 0 saturated heterocycles. The molecule has 2 nitrogen and oxygen atoms in total. The van der Waals surface area contributed by atoms with Gasteiger partial charge in [0.1, 0.15) is 0 Å². The van der Waals surface area contributed by atoms with Crippen LogP contribution >= 0.6 is 0 Å². The van der Waals surface area contributed by atoms with Crippen molar-refractivity contribution < 1.29 is 13.2 Å². The van der Waals surface area contributed by atoms with Crippen LogP contribution in [0, 0.1) is 0 Å². The number of nitrogens with one attached hydrogen (secondary N) is 1. The van der Waals surface area contributed by atoms with Crippen LogP contribution in [0.1, 0.15) is 31.7 Å². The Bertz CT molecular complexity index is 325. The summed E-state index contributed by atoms with van der Waals surface area (Å²) in [7, 11) is 0. The molecule has 0 saturated carbocycles. The van der Waals surface area contributed by atoms with Crippen LogP contribution in [0.5, 0.6) is 0 Å². The molecule has 1 atom stereocenters. The van der Waals surface area contributed by atoms with E-state index in [0.29, 0.717) is 6.42 Å². The molecular formula is C13H19F3N2. The maximum absolute atomic E-state index is 12.2. The van der Waals surface area contributed by atoms with Gasteiger partial charge >= 0.3 is 6.18 Å². The molecule has 0 aliphatic heterocycles. The van der Waals surface area contributed by atoms with E-state index in [9.17, 15) is 13.2 Å². The largest absolute Gasteiger partial charge is 0.389 e. The average molecular weight is 260 g/mol. The van der Waals surface area contributed by atoms with Crippen LogP contribution in [-0.4, -0.2) is 23.7 Å². The zero-order chi connectivity index (χ0) is 13.4. The van der Waals surface area contributed by atoms with Crippen molar-refractivity contribution in [3.8, 4) is 0 Å². The van der Waals surface area contributed by atoms with Crippen molar-refractivity contribution in [3.63, 3.8) is 0 Å². The Morgan fingerprint density at radius 1 is 1.39 bits per heavy atom. The van der Waals surface area contributed by atoms with E-state index in [2.05, 4.69) is 10.3 Å². The van der Waals surface area contributed by atoms with Crippen LogP contribution in [0.4, 0.5) is 13.2 Å². The molecule has 1 aromatic heterocycles. The molecule has 1 heterocycles. The van der Waals surface area contributed by atoms with Crippen LogP contribution in [0.15, 0.2) is 24.5 Å². The van der Waals surface area contributed by atoms with Crippen LogP contribution in [-0.2, 0) is 6.42 Å². The van der Waals surface area contributed by atoms with Gasteiger partial charge in [-0.15, -0.1) is 0 Å². The lowest BCUT2D eigenvalue weighted by molar-refractivity contribution is -0.136.